The van der Waals surface area contributed by atoms with Crippen molar-refractivity contribution in [2.75, 3.05) is 19.8 Å². The van der Waals surface area contributed by atoms with E-state index in [0.717, 1.165) is 0 Å². The molecule has 0 aromatic rings. The summed E-state index contributed by atoms with van der Waals surface area (Å²) in [4.78, 5) is 36.5. The summed E-state index contributed by atoms with van der Waals surface area (Å²) in [6, 6.07) is 0. The molecule has 2 heterocycles. The van der Waals surface area contributed by atoms with Crippen molar-refractivity contribution < 1.29 is 33.7 Å². The minimum absolute atomic E-state index is 0.0247. The number of alkyl carbamates (subject to hydrolysis) is 1. The number of carbonyl (C=O) groups excluding carboxylic acids is 2. The van der Waals surface area contributed by atoms with Crippen LogP contribution >= 0.6 is 0 Å². The molecule has 0 saturated carbocycles. The summed E-state index contributed by atoms with van der Waals surface area (Å²) in [6.45, 7) is -0.357. The van der Waals surface area contributed by atoms with Gasteiger partial charge in [0.1, 0.15) is 12.2 Å². The Labute approximate surface area is 112 Å². The van der Waals surface area contributed by atoms with E-state index in [1.807, 2.05) is 0 Å². The monoisotopic (exact) mass is 291 g/mol. The first-order chi connectivity index (χ1) is 9.47. The smallest absolute Gasteiger partial charge is 0.408 e. The third-order valence-corrected chi connectivity index (χ3v) is 2.85. The molecule has 0 radical (unpaired) electrons. The summed E-state index contributed by atoms with van der Waals surface area (Å²) in [6.07, 6.45) is -3.74. The first kappa shape index (κ1) is 14.3. The Morgan fingerprint density at radius 2 is 1.90 bits per heavy atom. The molecule has 2 saturated heterocycles. The highest BCUT2D eigenvalue weighted by atomic mass is 17.0. The Hall–Kier alpha value is -2.14. The van der Waals surface area contributed by atoms with Crippen molar-refractivity contribution in [1.29, 1.82) is 0 Å². The van der Waals surface area contributed by atoms with Gasteiger partial charge in [0, 0.05) is 0 Å². The number of nitrogens with zero attached hydrogens (tertiary/aromatic N) is 1. The summed E-state index contributed by atoms with van der Waals surface area (Å²) in [5.41, 5.74) is 4.86. The Bertz CT molecular complexity index is 416. The summed E-state index contributed by atoms with van der Waals surface area (Å²) in [5, 5.41) is 11.5. The van der Waals surface area contributed by atoms with E-state index >= 15 is 0 Å². The third kappa shape index (κ3) is 3.24. The Balaban J connectivity index is 1.83. The van der Waals surface area contributed by atoms with Crippen molar-refractivity contribution in [3.63, 3.8) is 0 Å². The summed E-state index contributed by atoms with van der Waals surface area (Å²) >= 11 is 0. The van der Waals surface area contributed by atoms with E-state index in [-0.39, 0.29) is 19.8 Å². The number of nitrogens with two attached hydrogens (primary N) is 1. The Kier molecular flexibility index (Phi) is 4.20. The van der Waals surface area contributed by atoms with E-state index in [4.69, 9.17) is 19.9 Å². The average Bonchev–Trinajstić information content (AvgIpc) is 2.91. The summed E-state index contributed by atoms with van der Waals surface area (Å²) in [7, 11) is 0. The van der Waals surface area contributed by atoms with E-state index in [0.29, 0.717) is 0 Å². The fourth-order valence-corrected chi connectivity index (χ4v) is 2.07. The third-order valence-electron chi connectivity index (χ3n) is 2.85. The topological polar surface area (TPSA) is 152 Å². The fourth-order valence-electron chi connectivity index (χ4n) is 2.07. The largest absolute Gasteiger partial charge is 0.441 e. The van der Waals surface area contributed by atoms with E-state index in [1.165, 1.54) is 0 Å². The number of primary amides is 1. The number of carbonyl (C=O) groups is 2. The first-order valence-corrected chi connectivity index (χ1v) is 5.74. The maximum absolute atomic E-state index is 11.4. The molecule has 3 N–H and O–H groups in total. The molecule has 2 amide bonds. The highest BCUT2D eigenvalue weighted by Crippen LogP contribution is 2.30. The van der Waals surface area contributed by atoms with Crippen LogP contribution in [0.15, 0.2) is 0 Å². The Morgan fingerprint density at radius 3 is 2.50 bits per heavy atom. The molecule has 2 aliphatic heterocycles. The molecule has 11 heteroatoms. The maximum Gasteiger partial charge on any atom is 0.408 e. The van der Waals surface area contributed by atoms with Crippen molar-refractivity contribution in [3.05, 3.63) is 10.1 Å². The van der Waals surface area contributed by atoms with Gasteiger partial charge in [-0.25, -0.2) is 4.79 Å². The molecule has 11 nitrogen and oxygen atoms in total. The van der Waals surface area contributed by atoms with Crippen LogP contribution in [0.3, 0.4) is 0 Å². The van der Waals surface area contributed by atoms with Crippen LogP contribution in [-0.2, 0) is 23.8 Å². The fraction of sp³-hybridized carbons (Fsp3) is 0.778. The van der Waals surface area contributed by atoms with Crippen LogP contribution in [0.1, 0.15) is 0 Å². The molecule has 0 spiro atoms. The zero-order chi connectivity index (χ0) is 14.7. The maximum atomic E-state index is 11.4. The second kappa shape index (κ2) is 5.88. The molecule has 0 aliphatic carbocycles. The average molecular weight is 291 g/mol. The molecule has 20 heavy (non-hydrogen) atoms. The van der Waals surface area contributed by atoms with Gasteiger partial charge in [0.15, 0.2) is 12.2 Å². The molecule has 112 valence electrons. The molecule has 2 rings (SSSR count). The van der Waals surface area contributed by atoms with Crippen LogP contribution in [0.5, 0.6) is 0 Å². The number of hydrogen-bond acceptors (Lipinski definition) is 8. The van der Waals surface area contributed by atoms with E-state index in [1.54, 1.807) is 0 Å². The summed E-state index contributed by atoms with van der Waals surface area (Å²) in [5.74, 6) is -0.709. The zero-order valence-corrected chi connectivity index (χ0v) is 10.2. The van der Waals surface area contributed by atoms with Gasteiger partial charge >= 0.3 is 6.09 Å². The van der Waals surface area contributed by atoms with Gasteiger partial charge in [-0.15, -0.1) is 10.1 Å². The van der Waals surface area contributed by atoms with Crippen LogP contribution in [0, 0.1) is 10.1 Å². The second-order valence-electron chi connectivity index (χ2n) is 4.23. The minimum atomic E-state index is -0.923. The van der Waals surface area contributed by atoms with Gasteiger partial charge in [-0.3, -0.25) is 4.79 Å². The predicted molar refractivity (Wildman–Crippen MR) is 58.8 cm³/mol. The lowest BCUT2D eigenvalue weighted by molar-refractivity contribution is -0.769. The number of ether oxygens (including phenoxy) is 3. The molecular formula is C9H13N3O8. The van der Waals surface area contributed by atoms with Crippen molar-refractivity contribution in [2.45, 2.75) is 24.4 Å². The van der Waals surface area contributed by atoms with E-state index in [2.05, 4.69) is 10.2 Å². The van der Waals surface area contributed by atoms with Gasteiger partial charge in [0.05, 0.1) is 19.8 Å². The van der Waals surface area contributed by atoms with Gasteiger partial charge in [-0.05, 0) is 0 Å². The second-order valence-corrected chi connectivity index (χ2v) is 4.23. The highest BCUT2D eigenvalue weighted by molar-refractivity contribution is 5.80. The van der Waals surface area contributed by atoms with Crippen molar-refractivity contribution >= 4 is 12.0 Å². The SMILES string of the molecule is NC(=O)CNC(=O)O[C@@H]1CO[C@@H]2C(O[N+](=O)[O-])CO[C@@H]21. The van der Waals surface area contributed by atoms with Crippen LogP contribution in [0.25, 0.3) is 0 Å². The number of nitrogens with one attached hydrogen (secondary N) is 1. The van der Waals surface area contributed by atoms with Crippen LogP contribution in [0.2, 0.25) is 0 Å². The number of rotatable bonds is 5. The van der Waals surface area contributed by atoms with Gasteiger partial charge in [0.2, 0.25) is 5.91 Å². The van der Waals surface area contributed by atoms with E-state index in [9.17, 15) is 19.7 Å². The molecule has 0 bridgehead atoms. The normalized spacial score (nSPS) is 31.4. The lowest BCUT2D eigenvalue weighted by Gasteiger charge is -2.16. The van der Waals surface area contributed by atoms with Gasteiger partial charge in [-0.2, -0.15) is 0 Å². The molecular weight excluding hydrogens is 278 g/mol. The van der Waals surface area contributed by atoms with Gasteiger partial charge in [-0.1, -0.05) is 0 Å². The molecule has 0 aromatic heterocycles. The lowest BCUT2D eigenvalue weighted by Crippen LogP contribution is -2.40. The van der Waals surface area contributed by atoms with Gasteiger partial charge < -0.3 is 30.1 Å². The lowest BCUT2D eigenvalue weighted by atomic mass is 10.1. The number of fused-ring (bicyclic) bond motifs is 1. The zero-order valence-electron chi connectivity index (χ0n) is 10.2. The van der Waals surface area contributed by atoms with Gasteiger partial charge in [0.25, 0.3) is 5.09 Å². The van der Waals surface area contributed by atoms with Crippen LogP contribution in [-0.4, -0.2) is 61.3 Å². The molecule has 0 aromatic carbocycles. The minimum Gasteiger partial charge on any atom is -0.441 e. The number of amides is 2. The van der Waals surface area contributed by atoms with Crippen molar-refractivity contribution in [3.8, 4) is 0 Å². The van der Waals surface area contributed by atoms with Crippen molar-refractivity contribution in [2.24, 2.45) is 5.73 Å². The predicted octanol–water partition coefficient (Wildman–Crippen LogP) is -2.06. The molecule has 4 atom stereocenters. The molecule has 1 unspecified atom stereocenters. The molecule has 2 aliphatic rings. The van der Waals surface area contributed by atoms with Crippen LogP contribution < -0.4 is 11.1 Å². The first-order valence-electron chi connectivity index (χ1n) is 5.74. The van der Waals surface area contributed by atoms with Crippen LogP contribution in [0.4, 0.5) is 4.79 Å². The highest BCUT2D eigenvalue weighted by Gasteiger charge is 2.51. The summed E-state index contributed by atoms with van der Waals surface area (Å²) < 4.78 is 15.6. The number of hydrogen-bond donors (Lipinski definition) is 2. The van der Waals surface area contributed by atoms with Crippen molar-refractivity contribution in [1.82, 2.24) is 5.32 Å². The van der Waals surface area contributed by atoms with E-state index < -0.39 is 41.5 Å². The molecule has 2 fully saturated rings. The quantitative estimate of drug-likeness (QED) is 0.433. The standard InChI is InChI=1S/C9H13N3O8/c10-6(13)1-11-9(14)19-4-2-17-8-5(20-12(15)16)3-18-7(4)8/h4-5,7-8H,1-3H2,(H2,10,13)(H,11,14)/t4-,5?,7-,8-/m1/s1. The Morgan fingerprint density at radius 1 is 1.30 bits per heavy atom.